The highest BCUT2D eigenvalue weighted by Crippen LogP contribution is 2.28. The van der Waals surface area contributed by atoms with Gasteiger partial charge in [0.15, 0.2) is 0 Å². The molecular weight excluding hydrogens is 283 g/mol. The second-order valence-corrected chi connectivity index (χ2v) is 4.47. The van der Waals surface area contributed by atoms with Crippen molar-refractivity contribution in [2.75, 3.05) is 0 Å². The molecule has 3 rings (SSSR count). The highest BCUT2D eigenvalue weighted by atomic mass is 79.9. The van der Waals surface area contributed by atoms with Crippen LogP contribution in [0.5, 0.6) is 0 Å². The number of hydrogen-bond acceptors (Lipinski definition) is 1. The summed E-state index contributed by atoms with van der Waals surface area (Å²) in [5.41, 5.74) is 2.47. The van der Waals surface area contributed by atoms with Gasteiger partial charge in [-0.3, -0.25) is 4.57 Å². The van der Waals surface area contributed by atoms with Crippen LogP contribution in [0.4, 0.5) is 4.39 Å². The van der Waals surface area contributed by atoms with Crippen molar-refractivity contribution in [3.8, 4) is 5.69 Å². The Morgan fingerprint density at radius 3 is 2.59 bits per heavy atom. The Bertz CT molecular complexity index is 676. The first kappa shape index (κ1) is 10.5. The van der Waals surface area contributed by atoms with Gasteiger partial charge in [0.1, 0.15) is 12.1 Å². The molecule has 2 aromatic carbocycles. The fourth-order valence-corrected chi connectivity index (χ4v) is 2.35. The van der Waals surface area contributed by atoms with Crippen molar-refractivity contribution in [3.05, 3.63) is 59.1 Å². The Labute approximate surface area is 106 Å². The summed E-state index contributed by atoms with van der Waals surface area (Å²) in [5.74, 6) is -0.282. The molecule has 0 unspecified atom stereocenters. The van der Waals surface area contributed by atoms with Gasteiger partial charge in [-0.1, -0.05) is 18.2 Å². The van der Waals surface area contributed by atoms with Gasteiger partial charge >= 0.3 is 0 Å². The van der Waals surface area contributed by atoms with Crippen LogP contribution < -0.4 is 0 Å². The summed E-state index contributed by atoms with van der Waals surface area (Å²) in [6, 6.07) is 12.8. The zero-order valence-electron chi connectivity index (χ0n) is 8.77. The normalized spacial score (nSPS) is 10.9. The third-order valence-electron chi connectivity index (χ3n) is 2.64. The summed E-state index contributed by atoms with van der Waals surface area (Å²) in [4.78, 5) is 4.26. The molecule has 0 spiro atoms. The average molecular weight is 291 g/mol. The SMILES string of the molecule is Fc1ccc2ncn(-c3ccccc3)c2c1Br. The van der Waals surface area contributed by atoms with Gasteiger partial charge in [0, 0.05) is 5.69 Å². The minimum atomic E-state index is -0.282. The van der Waals surface area contributed by atoms with Crippen molar-refractivity contribution < 1.29 is 4.39 Å². The van der Waals surface area contributed by atoms with Crippen LogP contribution in [0.25, 0.3) is 16.7 Å². The lowest BCUT2D eigenvalue weighted by Crippen LogP contribution is -1.92. The molecule has 1 heterocycles. The molecule has 4 heteroatoms. The van der Waals surface area contributed by atoms with Crippen molar-refractivity contribution in [2.45, 2.75) is 0 Å². The van der Waals surface area contributed by atoms with E-state index in [1.165, 1.54) is 6.07 Å². The molecule has 3 aromatic rings. The Hall–Kier alpha value is -1.68. The van der Waals surface area contributed by atoms with Crippen LogP contribution >= 0.6 is 15.9 Å². The molecular formula is C13H8BrFN2. The van der Waals surface area contributed by atoms with E-state index in [0.29, 0.717) is 4.47 Å². The zero-order chi connectivity index (χ0) is 11.8. The fourth-order valence-electron chi connectivity index (χ4n) is 1.83. The Morgan fingerprint density at radius 1 is 1.06 bits per heavy atom. The van der Waals surface area contributed by atoms with Crippen LogP contribution in [0.3, 0.4) is 0 Å². The van der Waals surface area contributed by atoms with Gasteiger partial charge in [0.05, 0.1) is 15.5 Å². The monoisotopic (exact) mass is 290 g/mol. The molecule has 0 radical (unpaired) electrons. The molecule has 0 saturated heterocycles. The number of aromatic nitrogens is 2. The first-order chi connectivity index (χ1) is 8.27. The number of halogens is 2. The van der Waals surface area contributed by atoms with Gasteiger partial charge in [0.25, 0.3) is 0 Å². The number of fused-ring (bicyclic) bond motifs is 1. The molecule has 0 fully saturated rings. The number of para-hydroxylation sites is 1. The van der Waals surface area contributed by atoms with Gasteiger partial charge < -0.3 is 0 Å². The number of imidazole rings is 1. The smallest absolute Gasteiger partial charge is 0.139 e. The minimum Gasteiger partial charge on any atom is -0.298 e. The highest BCUT2D eigenvalue weighted by molar-refractivity contribution is 9.10. The summed E-state index contributed by atoms with van der Waals surface area (Å²) >= 11 is 3.27. The third kappa shape index (κ3) is 1.65. The van der Waals surface area contributed by atoms with E-state index in [4.69, 9.17) is 0 Å². The van der Waals surface area contributed by atoms with E-state index in [1.807, 2.05) is 34.9 Å². The molecule has 0 aliphatic carbocycles. The lowest BCUT2D eigenvalue weighted by molar-refractivity contribution is 0.623. The Kier molecular flexibility index (Phi) is 2.44. The van der Waals surface area contributed by atoms with E-state index in [-0.39, 0.29) is 5.82 Å². The maximum Gasteiger partial charge on any atom is 0.139 e. The summed E-state index contributed by atoms with van der Waals surface area (Å²) < 4.78 is 15.8. The van der Waals surface area contributed by atoms with Crippen molar-refractivity contribution in [1.29, 1.82) is 0 Å². The van der Waals surface area contributed by atoms with E-state index in [1.54, 1.807) is 12.4 Å². The van der Waals surface area contributed by atoms with Crippen LogP contribution in [0.15, 0.2) is 53.3 Å². The maximum atomic E-state index is 13.5. The van der Waals surface area contributed by atoms with Crippen LogP contribution in [0.2, 0.25) is 0 Å². The molecule has 0 aliphatic heterocycles. The standard InChI is InChI=1S/C13H8BrFN2/c14-12-10(15)6-7-11-13(12)17(8-16-11)9-4-2-1-3-5-9/h1-8H. The van der Waals surface area contributed by atoms with Gasteiger partial charge in [-0.15, -0.1) is 0 Å². The predicted molar refractivity (Wildman–Crippen MR) is 68.7 cm³/mol. The van der Waals surface area contributed by atoms with Crippen molar-refractivity contribution >= 4 is 27.0 Å². The van der Waals surface area contributed by atoms with E-state index in [9.17, 15) is 4.39 Å². The van der Waals surface area contributed by atoms with E-state index in [0.717, 1.165) is 16.7 Å². The van der Waals surface area contributed by atoms with E-state index < -0.39 is 0 Å². The quantitative estimate of drug-likeness (QED) is 0.664. The van der Waals surface area contributed by atoms with Crippen molar-refractivity contribution in [3.63, 3.8) is 0 Å². The minimum absolute atomic E-state index is 0.282. The lowest BCUT2D eigenvalue weighted by Gasteiger charge is -2.05. The van der Waals surface area contributed by atoms with E-state index >= 15 is 0 Å². The molecule has 1 aromatic heterocycles. The summed E-state index contributed by atoms with van der Waals surface area (Å²) in [6.45, 7) is 0. The lowest BCUT2D eigenvalue weighted by atomic mass is 10.2. The zero-order valence-corrected chi connectivity index (χ0v) is 10.4. The summed E-state index contributed by atoms with van der Waals surface area (Å²) in [6.07, 6.45) is 1.70. The van der Waals surface area contributed by atoms with Crippen LogP contribution in [0.1, 0.15) is 0 Å². The van der Waals surface area contributed by atoms with Gasteiger partial charge in [-0.2, -0.15) is 0 Å². The first-order valence-corrected chi connectivity index (χ1v) is 5.93. The second kappa shape index (κ2) is 3.96. The first-order valence-electron chi connectivity index (χ1n) is 5.14. The number of rotatable bonds is 1. The number of benzene rings is 2. The Morgan fingerprint density at radius 2 is 1.82 bits per heavy atom. The topological polar surface area (TPSA) is 17.8 Å². The van der Waals surface area contributed by atoms with Gasteiger partial charge in [-0.25, -0.2) is 9.37 Å². The molecule has 0 aliphatic rings. The third-order valence-corrected chi connectivity index (χ3v) is 3.39. The second-order valence-electron chi connectivity index (χ2n) is 3.68. The molecule has 0 bridgehead atoms. The molecule has 0 saturated carbocycles. The summed E-state index contributed by atoms with van der Waals surface area (Å²) in [5, 5.41) is 0. The maximum absolute atomic E-state index is 13.5. The van der Waals surface area contributed by atoms with Crippen molar-refractivity contribution in [1.82, 2.24) is 9.55 Å². The largest absolute Gasteiger partial charge is 0.298 e. The predicted octanol–water partition coefficient (Wildman–Crippen LogP) is 3.93. The highest BCUT2D eigenvalue weighted by Gasteiger charge is 2.11. The summed E-state index contributed by atoms with van der Waals surface area (Å²) in [7, 11) is 0. The van der Waals surface area contributed by atoms with Gasteiger partial charge in [-0.05, 0) is 40.2 Å². The molecule has 17 heavy (non-hydrogen) atoms. The van der Waals surface area contributed by atoms with Gasteiger partial charge in [0.2, 0.25) is 0 Å². The van der Waals surface area contributed by atoms with Crippen molar-refractivity contribution in [2.24, 2.45) is 0 Å². The average Bonchev–Trinajstić information content (AvgIpc) is 2.79. The number of nitrogens with zero attached hydrogens (tertiary/aromatic N) is 2. The van der Waals surface area contributed by atoms with Crippen LogP contribution in [0, 0.1) is 5.82 Å². The fraction of sp³-hybridized carbons (Fsp3) is 0. The molecule has 2 nitrogen and oxygen atoms in total. The number of hydrogen-bond donors (Lipinski definition) is 0. The van der Waals surface area contributed by atoms with Crippen LogP contribution in [-0.4, -0.2) is 9.55 Å². The van der Waals surface area contributed by atoms with E-state index in [2.05, 4.69) is 20.9 Å². The Balaban J connectivity index is 2.35. The molecule has 0 amide bonds. The van der Waals surface area contributed by atoms with Crippen LogP contribution in [-0.2, 0) is 0 Å². The molecule has 0 N–H and O–H groups in total. The molecule has 84 valence electrons. The molecule has 0 atom stereocenters.